The van der Waals surface area contributed by atoms with E-state index in [0.717, 1.165) is 0 Å². The first-order chi connectivity index (χ1) is 19.4. The van der Waals surface area contributed by atoms with Gasteiger partial charge in [-0.05, 0) is 61.0 Å². The minimum atomic E-state index is -5.08. The monoisotopic (exact) mass is 573 g/mol. The maximum Gasteiger partial charge on any atom is 0.490 e. The molecule has 10 nitrogen and oxygen atoms in total. The van der Waals surface area contributed by atoms with Gasteiger partial charge in [0.15, 0.2) is 11.5 Å². The van der Waals surface area contributed by atoms with Gasteiger partial charge in [0.2, 0.25) is 11.7 Å². The van der Waals surface area contributed by atoms with Crippen molar-refractivity contribution in [2.75, 3.05) is 26.6 Å². The number of hydrogen-bond acceptors (Lipinski definition) is 7. The number of rotatable bonds is 7. The Bertz CT molecular complexity index is 1590. The molecule has 0 aliphatic carbocycles. The summed E-state index contributed by atoms with van der Waals surface area (Å²) in [6.45, 7) is 1.79. The fourth-order valence-electron chi connectivity index (χ4n) is 3.87. The van der Waals surface area contributed by atoms with E-state index in [-0.39, 0.29) is 17.9 Å². The first kappa shape index (κ1) is 30.5. The molecule has 216 valence electrons. The fourth-order valence-corrected chi connectivity index (χ4v) is 3.87. The summed E-state index contributed by atoms with van der Waals surface area (Å²) in [6, 6.07) is 17.8. The number of anilines is 1. The Kier molecular flexibility index (Phi) is 9.55. The highest BCUT2D eigenvalue weighted by Crippen LogP contribution is 2.38. The standard InChI is InChI=1S/C26H25N3O5.C2HF3O2/c1-16-27-21-8-6-5-7-20(21)26(31)29(16)19-11-9-18(10-12-19)28-24(30)15-17-13-22(32-2)25(34-4)23(14-17)33-3;3-2(4,5)1(6)7/h5-14H,15H2,1-4H3,(H,28,30);(H,6,7). The molecule has 4 aromatic rings. The van der Waals surface area contributed by atoms with Gasteiger partial charge >= 0.3 is 12.1 Å². The molecule has 0 fully saturated rings. The molecule has 41 heavy (non-hydrogen) atoms. The second-order valence-electron chi connectivity index (χ2n) is 8.43. The number of ether oxygens (including phenoxy) is 3. The Hall–Kier alpha value is -5.07. The van der Waals surface area contributed by atoms with E-state index in [4.69, 9.17) is 24.1 Å². The number of carboxylic acid groups (broad SMARTS) is 1. The van der Waals surface area contributed by atoms with Crippen LogP contribution in [0.4, 0.5) is 18.9 Å². The van der Waals surface area contributed by atoms with Crippen LogP contribution in [-0.4, -0.2) is 54.0 Å². The summed E-state index contributed by atoms with van der Waals surface area (Å²) >= 11 is 0. The molecule has 0 unspecified atom stereocenters. The number of methoxy groups -OCH3 is 3. The van der Waals surface area contributed by atoms with Gasteiger partial charge in [-0.25, -0.2) is 9.78 Å². The van der Waals surface area contributed by atoms with Gasteiger partial charge in [0.1, 0.15) is 5.82 Å². The lowest BCUT2D eigenvalue weighted by atomic mass is 10.1. The van der Waals surface area contributed by atoms with Crippen molar-refractivity contribution in [3.05, 3.63) is 82.4 Å². The van der Waals surface area contributed by atoms with Crippen LogP contribution in [0.3, 0.4) is 0 Å². The number of carbonyl (C=O) groups is 2. The molecule has 0 saturated carbocycles. The minimum absolute atomic E-state index is 0.117. The molecule has 0 aliphatic rings. The van der Waals surface area contributed by atoms with Crippen LogP contribution in [-0.2, 0) is 16.0 Å². The molecular formula is C28H26F3N3O7. The number of alkyl halides is 3. The number of carboxylic acids is 1. The summed E-state index contributed by atoms with van der Waals surface area (Å²) < 4.78 is 49.3. The Balaban J connectivity index is 0.000000587. The molecule has 4 rings (SSSR count). The summed E-state index contributed by atoms with van der Waals surface area (Å²) in [5.74, 6) is -0.936. The van der Waals surface area contributed by atoms with Crippen molar-refractivity contribution in [1.82, 2.24) is 9.55 Å². The number of amides is 1. The number of benzene rings is 3. The van der Waals surface area contributed by atoms with Crippen molar-refractivity contribution in [2.45, 2.75) is 19.5 Å². The zero-order valence-electron chi connectivity index (χ0n) is 22.4. The molecule has 0 radical (unpaired) electrons. The van der Waals surface area contributed by atoms with Crippen LogP contribution in [0.1, 0.15) is 11.4 Å². The lowest BCUT2D eigenvalue weighted by Gasteiger charge is -2.14. The topological polar surface area (TPSA) is 129 Å². The normalized spacial score (nSPS) is 10.8. The van der Waals surface area contributed by atoms with E-state index in [1.54, 1.807) is 54.0 Å². The van der Waals surface area contributed by atoms with Gasteiger partial charge in [-0.15, -0.1) is 0 Å². The van der Waals surface area contributed by atoms with E-state index in [9.17, 15) is 22.8 Å². The molecule has 1 heterocycles. The quantitative estimate of drug-likeness (QED) is 0.330. The van der Waals surface area contributed by atoms with E-state index in [0.29, 0.717) is 50.9 Å². The maximum absolute atomic E-state index is 13.0. The Morgan fingerprint density at radius 1 is 0.951 bits per heavy atom. The number of para-hydroxylation sites is 1. The third-order valence-corrected chi connectivity index (χ3v) is 5.68. The van der Waals surface area contributed by atoms with E-state index >= 15 is 0 Å². The van der Waals surface area contributed by atoms with Gasteiger partial charge in [-0.3, -0.25) is 14.2 Å². The Morgan fingerprint density at radius 2 is 1.51 bits per heavy atom. The van der Waals surface area contributed by atoms with Crippen molar-refractivity contribution in [1.29, 1.82) is 0 Å². The molecule has 2 N–H and O–H groups in total. The number of aliphatic carboxylic acids is 1. The minimum Gasteiger partial charge on any atom is -0.493 e. The largest absolute Gasteiger partial charge is 0.493 e. The number of nitrogens with one attached hydrogen (secondary N) is 1. The highest BCUT2D eigenvalue weighted by molar-refractivity contribution is 5.92. The lowest BCUT2D eigenvalue weighted by molar-refractivity contribution is -0.192. The van der Waals surface area contributed by atoms with Crippen LogP contribution in [0.25, 0.3) is 16.6 Å². The van der Waals surface area contributed by atoms with Crippen LogP contribution in [0.2, 0.25) is 0 Å². The molecule has 3 aromatic carbocycles. The third-order valence-electron chi connectivity index (χ3n) is 5.68. The predicted molar refractivity (Wildman–Crippen MR) is 144 cm³/mol. The number of nitrogens with zero attached hydrogens (tertiary/aromatic N) is 2. The van der Waals surface area contributed by atoms with Crippen molar-refractivity contribution in [2.24, 2.45) is 0 Å². The van der Waals surface area contributed by atoms with Crippen molar-refractivity contribution in [3.8, 4) is 22.9 Å². The number of carbonyl (C=O) groups excluding carboxylic acids is 1. The van der Waals surface area contributed by atoms with Crippen molar-refractivity contribution >= 4 is 28.5 Å². The molecule has 0 spiro atoms. The maximum atomic E-state index is 13.0. The van der Waals surface area contributed by atoms with Gasteiger partial charge in [0.05, 0.1) is 44.3 Å². The summed E-state index contributed by atoms with van der Waals surface area (Å²) in [4.78, 5) is 39.1. The fraction of sp³-hybridized carbons (Fsp3) is 0.214. The molecule has 1 aromatic heterocycles. The van der Waals surface area contributed by atoms with Gasteiger partial charge in [0.25, 0.3) is 5.56 Å². The van der Waals surface area contributed by atoms with Gasteiger partial charge in [0, 0.05) is 5.69 Å². The summed E-state index contributed by atoms with van der Waals surface area (Å²) in [7, 11) is 4.58. The van der Waals surface area contributed by atoms with Crippen LogP contribution in [0.5, 0.6) is 17.2 Å². The van der Waals surface area contributed by atoms with E-state index < -0.39 is 12.1 Å². The SMILES string of the molecule is COc1cc(CC(=O)Nc2ccc(-n3c(C)nc4ccccc4c3=O)cc2)cc(OC)c1OC.O=C(O)C(F)(F)F. The number of aryl methyl sites for hydroxylation is 1. The highest BCUT2D eigenvalue weighted by Gasteiger charge is 2.38. The molecule has 0 saturated heterocycles. The lowest BCUT2D eigenvalue weighted by Crippen LogP contribution is -2.22. The summed E-state index contributed by atoms with van der Waals surface area (Å²) in [6.07, 6.45) is -4.97. The Labute approximate surface area is 231 Å². The van der Waals surface area contributed by atoms with Crippen LogP contribution < -0.4 is 25.1 Å². The molecule has 0 aliphatic heterocycles. The van der Waals surface area contributed by atoms with Crippen LogP contribution >= 0.6 is 0 Å². The molecule has 0 bridgehead atoms. The second kappa shape index (κ2) is 12.9. The molecule has 0 atom stereocenters. The van der Waals surface area contributed by atoms with Gasteiger partial charge < -0.3 is 24.6 Å². The average molecular weight is 574 g/mol. The first-order valence-corrected chi connectivity index (χ1v) is 11.9. The number of fused-ring (bicyclic) bond motifs is 1. The molecule has 13 heteroatoms. The van der Waals surface area contributed by atoms with Crippen molar-refractivity contribution in [3.63, 3.8) is 0 Å². The number of aromatic nitrogens is 2. The molecular weight excluding hydrogens is 547 g/mol. The van der Waals surface area contributed by atoms with Crippen LogP contribution in [0, 0.1) is 6.92 Å². The van der Waals surface area contributed by atoms with Crippen LogP contribution in [0.15, 0.2) is 65.5 Å². The van der Waals surface area contributed by atoms with E-state index in [2.05, 4.69) is 10.3 Å². The Morgan fingerprint density at radius 3 is 2.02 bits per heavy atom. The van der Waals surface area contributed by atoms with E-state index in [1.807, 2.05) is 18.2 Å². The summed E-state index contributed by atoms with van der Waals surface area (Å²) in [5, 5.41) is 10.6. The van der Waals surface area contributed by atoms with Gasteiger partial charge in [-0.1, -0.05) is 12.1 Å². The van der Waals surface area contributed by atoms with Crippen molar-refractivity contribution < 1.29 is 42.1 Å². The highest BCUT2D eigenvalue weighted by atomic mass is 19.4. The second-order valence-corrected chi connectivity index (χ2v) is 8.43. The van der Waals surface area contributed by atoms with Gasteiger partial charge in [-0.2, -0.15) is 13.2 Å². The first-order valence-electron chi connectivity index (χ1n) is 11.9. The third kappa shape index (κ3) is 7.32. The zero-order chi connectivity index (χ0) is 30.3. The van der Waals surface area contributed by atoms with E-state index in [1.165, 1.54) is 21.3 Å². The number of halogens is 3. The molecule has 1 amide bonds. The average Bonchev–Trinajstić information content (AvgIpc) is 2.93. The zero-order valence-corrected chi connectivity index (χ0v) is 22.4. The summed E-state index contributed by atoms with van der Waals surface area (Å²) in [5.41, 5.74) is 2.52. The number of hydrogen-bond donors (Lipinski definition) is 2. The smallest absolute Gasteiger partial charge is 0.490 e. The predicted octanol–water partition coefficient (Wildman–Crippen LogP) is 4.53.